The number of hydrogen-bond acceptors (Lipinski definition) is 0. The summed E-state index contributed by atoms with van der Waals surface area (Å²) in [5.41, 5.74) is 0. The van der Waals surface area contributed by atoms with Gasteiger partial charge in [-0.25, -0.2) is 0 Å². The Kier molecular flexibility index (Phi) is 20.0. The van der Waals surface area contributed by atoms with Gasteiger partial charge in [-0.2, -0.15) is 0 Å². The molecule has 0 amide bonds. The maximum absolute atomic E-state index is 4.10. The molecule has 0 radical (unpaired) electrons. The molecule has 0 saturated heterocycles. The first-order valence-corrected chi connectivity index (χ1v) is 14.7. The van der Waals surface area contributed by atoms with Gasteiger partial charge in [0.1, 0.15) is 0 Å². The monoisotopic (exact) mass is 383 g/mol. The molecule has 1 heteroatoms. The summed E-state index contributed by atoms with van der Waals surface area (Å²) in [7, 11) is -0.727. The molecule has 0 aromatic heterocycles. The van der Waals surface area contributed by atoms with Crippen molar-refractivity contribution < 1.29 is 0 Å². The van der Waals surface area contributed by atoms with Crippen LogP contribution in [0.5, 0.6) is 0 Å². The summed E-state index contributed by atoms with van der Waals surface area (Å²) < 4.78 is 0. The first-order chi connectivity index (χ1) is 12.7. The van der Waals surface area contributed by atoms with Gasteiger partial charge in [0, 0.05) is 7.26 Å². The summed E-state index contributed by atoms with van der Waals surface area (Å²) in [5.74, 6) is 0. The fourth-order valence-corrected chi connectivity index (χ4v) is 8.79. The first-order valence-electron chi connectivity index (χ1n) is 12.2. The molecule has 0 aromatic rings. The molecule has 0 aliphatic carbocycles. The van der Waals surface area contributed by atoms with Gasteiger partial charge in [-0.1, -0.05) is 110 Å². The SMILES string of the molecule is C=CC[P+](CCCC)(CCCC)CCCCCCCCCCCCCC. The van der Waals surface area contributed by atoms with Crippen LogP contribution in [-0.4, -0.2) is 24.6 Å². The predicted octanol–water partition coefficient (Wildman–Crippen LogP) is 9.49. The average Bonchev–Trinajstić information content (AvgIpc) is 2.65. The summed E-state index contributed by atoms with van der Waals surface area (Å²) in [6.07, 6.45) is 31.4. The summed E-state index contributed by atoms with van der Waals surface area (Å²) in [6, 6.07) is 0. The lowest BCUT2D eigenvalue weighted by Gasteiger charge is -2.27. The fraction of sp³-hybridized carbons (Fsp3) is 0.920. The lowest BCUT2D eigenvalue weighted by atomic mass is 10.1. The van der Waals surface area contributed by atoms with E-state index in [0.29, 0.717) is 0 Å². The lowest BCUT2D eigenvalue weighted by molar-refractivity contribution is 0.548. The Bertz CT molecular complexity index is 276. The third-order valence-corrected chi connectivity index (χ3v) is 10.8. The van der Waals surface area contributed by atoms with Gasteiger partial charge in [0.15, 0.2) is 0 Å². The van der Waals surface area contributed by atoms with Crippen LogP contribution in [-0.2, 0) is 0 Å². The molecular weight excluding hydrogens is 331 g/mol. The van der Waals surface area contributed by atoms with E-state index in [2.05, 4.69) is 33.4 Å². The van der Waals surface area contributed by atoms with Crippen molar-refractivity contribution in [3.8, 4) is 0 Å². The largest absolute Gasteiger partial charge is 0.0995 e. The zero-order valence-corrected chi connectivity index (χ0v) is 19.8. The molecule has 0 nitrogen and oxygen atoms in total. The smallest absolute Gasteiger partial charge is 0.0771 e. The van der Waals surface area contributed by atoms with Crippen molar-refractivity contribution in [1.82, 2.24) is 0 Å². The topological polar surface area (TPSA) is 0 Å². The quantitative estimate of drug-likeness (QED) is 0.105. The molecule has 0 rings (SSSR count). The Morgan fingerprint density at radius 1 is 0.500 bits per heavy atom. The predicted molar refractivity (Wildman–Crippen MR) is 127 cm³/mol. The van der Waals surface area contributed by atoms with Crippen molar-refractivity contribution in [2.24, 2.45) is 0 Å². The van der Waals surface area contributed by atoms with Crippen molar-refractivity contribution in [3.63, 3.8) is 0 Å². The van der Waals surface area contributed by atoms with Crippen molar-refractivity contribution in [3.05, 3.63) is 12.7 Å². The van der Waals surface area contributed by atoms with E-state index in [0.717, 1.165) is 0 Å². The Hall–Kier alpha value is 0.170. The summed E-state index contributed by atoms with van der Waals surface area (Å²) in [6.45, 7) is 11.1. The molecule has 0 heterocycles. The van der Waals surface area contributed by atoms with Crippen molar-refractivity contribution in [2.75, 3.05) is 24.6 Å². The molecule has 0 aliphatic heterocycles. The maximum Gasteiger partial charge on any atom is 0.0771 e. The summed E-state index contributed by atoms with van der Waals surface area (Å²) in [5, 5.41) is 0. The number of rotatable bonds is 21. The Morgan fingerprint density at radius 3 is 1.23 bits per heavy atom. The molecular formula is C25H52P+. The van der Waals surface area contributed by atoms with E-state index in [1.165, 1.54) is 121 Å². The van der Waals surface area contributed by atoms with E-state index in [1.54, 1.807) is 6.16 Å². The van der Waals surface area contributed by atoms with Gasteiger partial charge in [-0.05, 0) is 25.7 Å². The highest BCUT2D eigenvalue weighted by atomic mass is 31.2. The second-order valence-corrected chi connectivity index (χ2v) is 13.0. The van der Waals surface area contributed by atoms with E-state index in [1.807, 2.05) is 0 Å². The molecule has 0 N–H and O–H groups in total. The molecule has 26 heavy (non-hydrogen) atoms. The van der Waals surface area contributed by atoms with E-state index in [9.17, 15) is 0 Å². The molecule has 0 saturated carbocycles. The highest BCUT2D eigenvalue weighted by Crippen LogP contribution is 2.60. The second-order valence-electron chi connectivity index (χ2n) is 8.58. The van der Waals surface area contributed by atoms with Crippen LogP contribution in [0.1, 0.15) is 124 Å². The zero-order valence-electron chi connectivity index (χ0n) is 18.9. The molecule has 0 atom stereocenters. The van der Waals surface area contributed by atoms with Crippen LogP contribution in [0.4, 0.5) is 0 Å². The van der Waals surface area contributed by atoms with Crippen LogP contribution in [0.25, 0.3) is 0 Å². The highest BCUT2D eigenvalue weighted by Gasteiger charge is 2.33. The van der Waals surface area contributed by atoms with E-state index < -0.39 is 7.26 Å². The summed E-state index contributed by atoms with van der Waals surface area (Å²) in [4.78, 5) is 0. The third-order valence-electron chi connectivity index (χ3n) is 5.97. The van der Waals surface area contributed by atoms with Crippen LogP contribution in [0.3, 0.4) is 0 Å². The van der Waals surface area contributed by atoms with Gasteiger partial charge in [0.25, 0.3) is 0 Å². The second kappa shape index (κ2) is 19.9. The minimum atomic E-state index is -0.727. The highest BCUT2D eigenvalue weighted by molar-refractivity contribution is 7.76. The van der Waals surface area contributed by atoms with Crippen LogP contribution < -0.4 is 0 Å². The van der Waals surface area contributed by atoms with E-state index in [4.69, 9.17) is 0 Å². The molecule has 0 bridgehead atoms. The van der Waals surface area contributed by atoms with Gasteiger partial charge < -0.3 is 0 Å². The molecule has 0 unspecified atom stereocenters. The minimum Gasteiger partial charge on any atom is -0.0995 e. The molecule has 0 aliphatic rings. The molecule has 156 valence electrons. The Labute approximate surface area is 168 Å². The standard InChI is InChI=1S/C25H52P/c1-5-9-12-13-14-15-16-17-18-19-20-21-25-26(22-8-4,23-10-6-2)24-11-7-3/h8H,4-7,9-25H2,1-3H3/q+1. The van der Waals surface area contributed by atoms with Crippen molar-refractivity contribution in [2.45, 2.75) is 124 Å². The van der Waals surface area contributed by atoms with Crippen LogP contribution in [0, 0.1) is 0 Å². The number of hydrogen-bond donors (Lipinski definition) is 0. The third kappa shape index (κ3) is 15.2. The Balaban J connectivity index is 3.81. The normalized spacial score (nSPS) is 11.8. The fourth-order valence-electron chi connectivity index (χ4n) is 4.16. The lowest BCUT2D eigenvalue weighted by Crippen LogP contribution is -2.11. The molecule has 0 spiro atoms. The van der Waals surface area contributed by atoms with Gasteiger partial charge >= 0.3 is 0 Å². The number of unbranched alkanes of at least 4 members (excludes halogenated alkanes) is 13. The van der Waals surface area contributed by atoms with Crippen LogP contribution in [0.15, 0.2) is 12.7 Å². The number of allylic oxidation sites excluding steroid dienone is 1. The van der Waals surface area contributed by atoms with E-state index in [-0.39, 0.29) is 0 Å². The average molecular weight is 384 g/mol. The zero-order chi connectivity index (χ0) is 19.3. The van der Waals surface area contributed by atoms with Gasteiger partial charge in [0.2, 0.25) is 0 Å². The van der Waals surface area contributed by atoms with Crippen LogP contribution in [0.2, 0.25) is 0 Å². The first kappa shape index (κ1) is 26.2. The van der Waals surface area contributed by atoms with Gasteiger partial charge in [-0.3, -0.25) is 0 Å². The van der Waals surface area contributed by atoms with Crippen molar-refractivity contribution in [1.29, 1.82) is 0 Å². The van der Waals surface area contributed by atoms with E-state index >= 15 is 0 Å². The summed E-state index contributed by atoms with van der Waals surface area (Å²) >= 11 is 0. The van der Waals surface area contributed by atoms with Gasteiger partial charge in [0.05, 0.1) is 24.6 Å². The van der Waals surface area contributed by atoms with Crippen LogP contribution >= 0.6 is 7.26 Å². The molecule has 0 fully saturated rings. The molecule has 0 aromatic carbocycles. The Morgan fingerprint density at radius 2 is 0.846 bits per heavy atom. The maximum atomic E-state index is 4.10. The van der Waals surface area contributed by atoms with Gasteiger partial charge in [-0.15, -0.1) is 0 Å². The van der Waals surface area contributed by atoms with Crippen molar-refractivity contribution >= 4 is 7.26 Å². The minimum absolute atomic E-state index is 0.727.